The van der Waals surface area contributed by atoms with Gasteiger partial charge in [0.2, 0.25) is 5.91 Å². The summed E-state index contributed by atoms with van der Waals surface area (Å²) in [6, 6.07) is 5.47. The number of carbonyl (C=O) groups is 1. The van der Waals surface area contributed by atoms with Gasteiger partial charge in [-0.2, -0.15) is 13.2 Å². The van der Waals surface area contributed by atoms with Gasteiger partial charge < -0.3 is 4.90 Å². The quantitative estimate of drug-likeness (QED) is 0.779. The Morgan fingerprint density at radius 2 is 1.76 bits per heavy atom. The molecule has 0 saturated carbocycles. The third kappa shape index (κ3) is 4.44. The van der Waals surface area contributed by atoms with Crippen LogP contribution in [0, 0.1) is 0 Å². The fourth-order valence-corrected chi connectivity index (χ4v) is 1.47. The zero-order valence-corrected chi connectivity index (χ0v) is 9.98. The van der Waals surface area contributed by atoms with E-state index in [9.17, 15) is 18.0 Å². The average Bonchev–Trinajstić information content (AvgIpc) is 2.25. The van der Waals surface area contributed by atoms with Crippen molar-refractivity contribution in [1.29, 1.82) is 0 Å². The zero-order chi connectivity index (χ0) is 13.1. The van der Waals surface area contributed by atoms with Crippen LogP contribution in [0.25, 0.3) is 0 Å². The van der Waals surface area contributed by atoms with E-state index in [2.05, 4.69) is 0 Å². The Morgan fingerprint density at radius 3 is 2.18 bits per heavy atom. The molecule has 0 saturated heterocycles. The highest BCUT2D eigenvalue weighted by molar-refractivity contribution is 6.31. The third-order valence-electron chi connectivity index (χ3n) is 1.89. The molecule has 0 aliphatic rings. The van der Waals surface area contributed by atoms with Crippen LogP contribution in [0.5, 0.6) is 0 Å². The van der Waals surface area contributed by atoms with Gasteiger partial charge in [-0.05, 0) is 24.3 Å². The summed E-state index contributed by atoms with van der Waals surface area (Å²) in [6.07, 6.45) is -4.48. The van der Waals surface area contributed by atoms with Gasteiger partial charge in [-0.3, -0.25) is 4.79 Å². The van der Waals surface area contributed by atoms with E-state index in [-0.39, 0.29) is 5.69 Å². The first-order valence-corrected chi connectivity index (χ1v) is 5.43. The minimum Gasteiger partial charge on any atom is -0.302 e. The highest BCUT2D eigenvalue weighted by atomic mass is 35.5. The molecule has 0 N–H and O–H groups in total. The standard InChI is InChI=1S/C10H8Cl2F3NO/c11-5-9(17)16(6-10(13,14)15)8-3-1-7(12)2-4-8/h1-4H,5-6H2. The van der Waals surface area contributed by atoms with E-state index < -0.39 is 24.5 Å². The van der Waals surface area contributed by atoms with Crippen molar-refractivity contribution in [3.63, 3.8) is 0 Å². The van der Waals surface area contributed by atoms with Crippen molar-refractivity contribution in [3.8, 4) is 0 Å². The number of hydrogen-bond acceptors (Lipinski definition) is 1. The largest absolute Gasteiger partial charge is 0.406 e. The van der Waals surface area contributed by atoms with Crippen LogP contribution in [0.15, 0.2) is 24.3 Å². The van der Waals surface area contributed by atoms with Gasteiger partial charge in [0, 0.05) is 10.7 Å². The van der Waals surface area contributed by atoms with E-state index in [1.807, 2.05) is 0 Å². The van der Waals surface area contributed by atoms with Crippen LogP contribution < -0.4 is 4.90 Å². The predicted octanol–water partition coefficient (Wildman–Crippen LogP) is 3.47. The topological polar surface area (TPSA) is 20.3 Å². The van der Waals surface area contributed by atoms with E-state index in [1.165, 1.54) is 24.3 Å². The molecule has 94 valence electrons. The molecule has 0 atom stereocenters. The Balaban J connectivity index is 2.98. The lowest BCUT2D eigenvalue weighted by Gasteiger charge is -2.23. The van der Waals surface area contributed by atoms with Gasteiger partial charge >= 0.3 is 6.18 Å². The number of anilines is 1. The molecule has 0 aliphatic carbocycles. The number of rotatable bonds is 3. The van der Waals surface area contributed by atoms with Gasteiger partial charge in [0.25, 0.3) is 0 Å². The van der Waals surface area contributed by atoms with Gasteiger partial charge in [-0.25, -0.2) is 0 Å². The second-order valence-corrected chi connectivity index (χ2v) is 3.91. The third-order valence-corrected chi connectivity index (χ3v) is 2.37. The average molecular weight is 286 g/mol. The highest BCUT2D eigenvalue weighted by Gasteiger charge is 2.33. The van der Waals surface area contributed by atoms with Gasteiger partial charge in [-0.1, -0.05) is 11.6 Å². The Bertz CT molecular complexity index is 392. The molecular formula is C10H8Cl2F3NO. The second-order valence-electron chi connectivity index (χ2n) is 3.21. The summed E-state index contributed by atoms with van der Waals surface area (Å²) in [5.74, 6) is -1.33. The van der Waals surface area contributed by atoms with Crippen molar-refractivity contribution in [2.75, 3.05) is 17.3 Å². The van der Waals surface area contributed by atoms with Crippen LogP contribution in [-0.2, 0) is 4.79 Å². The molecule has 2 nitrogen and oxygen atoms in total. The summed E-state index contributed by atoms with van der Waals surface area (Å²) in [4.78, 5) is 11.9. The first kappa shape index (κ1) is 14.1. The first-order chi connectivity index (χ1) is 7.83. The summed E-state index contributed by atoms with van der Waals surface area (Å²) in [7, 11) is 0. The van der Waals surface area contributed by atoms with Gasteiger partial charge in [0.1, 0.15) is 12.4 Å². The highest BCUT2D eigenvalue weighted by Crippen LogP contribution is 2.23. The summed E-state index contributed by atoms with van der Waals surface area (Å²) in [5.41, 5.74) is 0.109. The minimum atomic E-state index is -4.48. The molecule has 0 unspecified atom stereocenters. The van der Waals surface area contributed by atoms with Crippen LogP contribution in [0.3, 0.4) is 0 Å². The Kier molecular flexibility index (Phi) is 4.65. The maximum absolute atomic E-state index is 12.3. The number of carbonyl (C=O) groups excluding carboxylic acids is 1. The second kappa shape index (κ2) is 5.60. The molecule has 7 heteroatoms. The molecule has 1 rings (SSSR count). The smallest absolute Gasteiger partial charge is 0.302 e. The maximum atomic E-state index is 12.3. The molecule has 0 bridgehead atoms. The number of nitrogens with zero attached hydrogens (tertiary/aromatic N) is 1. The van der Waals surface area contributed by atoms with Gasteiger partial charge in [0.05, 0.1) is 0 Å². The summed E-state index contributed by atoms with van der Waals surface area (Å²) in [6.45, 7) is -1.37. The van der Waals surface area contributed by atoms with E-state index in [1.54, 1.807) is 0 Å². The number of alkyl halides is 4. The van der Waals surface area contributed by atoms with E-state index in [0.29, 0.717) is 9.92 Å². The van der Waals surface area contributed by atoms with Crippen molar-refractivity contribution in [2.45, 2.75) is 6.18 Å². The molecule has 0 spiro atoms. The molecular weight excluding hydrogens is 278 g/mol. The van der Waals surface area contributed by atoms with Crippen LogP contribution in [-0.4, -0.2) is 24.5 Å². The monoisotopic (exact) mass is 285 g/mol. The van der Waals surface area contributed by atoms with Crippen LogP contribution in [0.1, 0.15) is 0 Å². The number of halogens is 5. The lowest BCUT2D eigenvalue weighted by Crippen LogP contribution is -2.39. The molecule has 1 aromatic carbocycles. The van der Waals surface area contributed by atoms with Crippen molar-refractivity contribution >= 4 is 34.8 Å². The van der Waals surface area contributed by atoms with Crippen molar-refractivity contribution < 1.29 is 18.0 Å². The number of amides is 1. The van der Waals surface area contributed by atoms with Gasteiger partial charge in [-0.15, -0.1) is 11.6 Å². The molecule has 0 radical (unpaired) electrons. The minimum absolute atomic E-state index is 0.109. The van der Waals surface area contributed by atoms with Crippen LogP contribution >= 0.6 is 23.2 Å². The number of hydrogen-bond donors (Lipinski definition) is 0. The van der Waals surface area contributed by atoms with Crippen LogP contribution in [0.4, 0.5) is 18.9 Å². The van der Waals surface area contributed by atoms with Gasteiger partial charge in [0.15, 0.2) is 0 Å². The van der Waals surface area contributed by atoms with Crippen molar-refractivity contribution in [2.24, 2.45) is 0 Å². The molecule has 1 amide bonds. The lowest BCUT2D eigenvalue weighted by atomic mass is 10.3. The molecule has 1 aromatic rings. The maximum Gasteiger partial charge on any atom is 0.406 e. The lowest BCUT2D eigenvalue weighted by molar-refractivity contribution is -0.131. The molecule has 0 aliphatic heterocycles. The van der Waals surface area contributed by atoms with E-state index >= 15 is 0 Å². The summed E-state index contributed by atoms with van der Waals surface area (Å²) in [5, 5.41) is 0.374. The van der Waals surface area contributed by atoms with Crippen molar-refractivity contribution in [3.05, 3.63) is 29.3 Å². The Hall–Kier alpha value is -0.940. The fraction of sp³-hybridized carbons (Fsp3) is 0.300. The summed E-state index contributed by atoms with van der Waals surface area (Å²) < 4.78 is 36.9. The zero-order valence-electron chi connectivity index (χ0n) is 8.47. The number of benzene rings is 1. The van der Waals surface area contributed by atoms with Crippen molar-refractivity contribution in [1.82, 2.24) is 0 Å². The fourth-order valence-electron chi connectivity index (χ4n) is 1.20. The Labute approximate surface area is 106 Å². The van der Waals surface area contributed by atoms with Crippen LogP contribution in [0.2, 0.25) is 5.02 Å². The van der Waals surface area contributed by atoms with E-state index in [4.69, 9.17) is 23.2 Å². The predicted molar refractivity (Wildman–Crippen MR) is 60.6 cm³/mol. The normalized spacial score (nSPS) is 11.4. The summed E-state index contributed by atoms with van der Waals surface area (Å²) >= 11 is 10.9. The Morgan fingerprint density at radius 1 is 1.24 bits per heavy atom. The molecule has 17 heavy (non-hydrogen) atoms. The SMILES string of the molecule is O=C(CCl)N(CC(F)(F)F)c1ccc(Cl)cc1. The molecule has 0 fully saturated rings. The molecule has 0 heterocycles. The van der Waals surface area contributed by atoms with E-state index in [0.717, 1.165) is 0 Å². The first-order valence-electron chi connectivity index (χ1n) is 4.52. The molecule has 0 aromatic heterocycles.